The Kier molecular flexibility index (Phi) is 1.78. The quantitative estimate of drug-likeness (QED) is 0.831. The summed E-state index contributed by atoms with van der Waals surface area (Å²) in [7, 11) is 0. The van der Waals surface area contributed by atoms with E-state index < -0.39 is 11.4 Å². The Morgan fingerprint density at radius 1 is 1.35 bits per heavy atom. The number of carboxylic acids is 1. The molecule has 1 aliphatic carbocycles. The van der Waals surface area contributed by atoms with Gasteiger partial charge in [-0.2, -0.15) is 0 Å². The van der Waals surface area contributed by atoms with Gasteiger partial charge in [0.15, 0.2) is 0 Å². The van der Waals surface area contributed by atoms with Gasteiger partial charge >= 0.3 is 5.97 Å². The Labute approximate surface area is 99.5 Å². The van der Waals surface area contributed by atoms with Gasteiger partial charge in [-0.1, -0.05) is 32.0 Å². The highest BCUT2D eigenvalue weighted by atomic mass is 16.4. The molecule has 1 aliphatic rings. The Balaban J connectivity index is 2.25. The van der Waals surface area contributed by atoms with Gasteiger partial charge in [-0.3, -0.25) is 4.79 Å². The number of carboxylic acid groups (broad SMARTS) is 1. The van der Waals surface area contributed by atoms with Crippen LogP contribution >= 0.6 is 0 Å². The Morgan fingerprint density at radius 2 is 2.00 bits per heavy atom. The summed E-state index contributed by atoms with van der Waals surface area (Å²) in [5.41, 5.74) is 1.05. The van der Waals surface area contributed by atoms with Crippen LogP contribution in [0.3, 0.4) is 0 Å². The van der Waals surface area contributed by atoms with E-state index in [0.29, 0.717) is 6.42 Å². The van der Waals surface area contributed by atoms with Gasteiger partial charge in [-0.25, -0.2) is 0 Å². The molecule has 2 N–H and O–H groups in total. The molecular formula is C14H15NO2. The maximum atomic E-state index is 11.6. The molecule has 0 saturated heterocycles. The molecule has 1 saturated carbocycles. The summed E-state index contributed by atoms with van der Waals surface area (Å²) in [6.07, 6.45) is 2.56. The Morgan fingerprint density at radius 3 is 2.59 bits per heavy atom. The van der Waals surface area contributed by atoms with Gasteiger partial charge in [0.25, 0.3) is 0 Å². The van der Waals surface area contributed by atoms with Crippen molar-refractivity contribution >= 4 is 16.9 Å². The van der Waals surface area contributed by atoms with Crippen molar-refractivity contribution in [1.82, 2.24) is 4.98 Å². The highest BCUT2D eigenvalue weighted by Gasteiger charge is 2.68. The van der Waals surface area contributed by atoms with Crippen LogP contribution in [0.15, 0.2) is 30.5 Å². The topological polar surface area (TPSA) is 53.1 Å². The number of carbonyl (C=O) groups is 1. The number of aromatic amines is 1. The van der Waals surface area contributed by atoms with Crippen LogP contribution in [-0.4, -0.2) is 16.1 Å². The molecule has 1 aromatic heterocycles. The third-order valence-electron chi connectivity index (χ3n) is 4.15. The zero-order valence-electron chi connectivity index (χ0n) is 9.95. The van der Waals surface area contributed by atoms with E-state index in [1.54, 1.807) is 0 Å². The smallest absolute Gasteiger partial charge is 0.314 e. The number of aliphatic carboxylic acids is 1. The van der Waals surface area contributed by atoms with Crippen molar-refractivity contribution in [3.05, 3.63) is 36.0 Å². The third-order valence-corrected chi connectivity index (χ3v) is 4.15. The van der Waals surface area contributed by atoms with Gasteiger partial charge in [0.1, 0.15) is 5.41 Å². The summed E-state index contributed by atoms with van der Waals surface area (Å²) in [6.45, 7) is 4.03. The van der Waals surface area contributed by atoms with E-state index >= 15 is 0 Å². The van der Waals surface area contributed by atoms with Gasteiger partial charge < -0.3 is 10.1 Å². The number of aromatic nitrogens is 1. The summed E-state index contributed by atoms with van der Waals surface area (Å²) >= 11 is 0. The number of rotatable bonds is 2. The van der Waals surface area contributed by atoms with Crippen molar-refractivity contribution in [1.29, 1.82) is 0 Å². The largest absolute Gasteiger partial charge is 0.481 e. The number of hydrogen-bond donors (Lipinski definition) is 2. The van der Waals surface area contributed by atoms with Crippen molar-refractivity contribution < 1.29 is 9.90 Å². The van der Waals surface area contributed by atoms with Crippen LogP contribution in [-0.2, 0) is 10.2 Å². The van der Waals surface area contributed by atoms with Gasteiger partial charge in [-0.05, 0) is 23.5 Å². The summed E-state index contributed by atoms with van der Waals surface area (Å²) in [6, 6.07) is 7.86. The highest BCUT2D eigenvalue weighted by Crippen LogP contribution is 2.65. The van der Waals surface area contributed by atoms with E-state index in [1.165, 1.54) is 0 Å². The lowest BCUT2D eigenvalue weighted by Gasteiger charge is -2.14. The number of hydrogen-bond acceptors (Lipinski definition) is 1. The minimum atomic E-state index is -0.716. The molecule has 1 unspecified atom stereocenters. The molecule has 1 heterocycles. The van der Waals surface area contributed by atoms with Crippen LogP contribution in [0.2, 0.25) is 0 Å². The number of benzene rings is 1. The molecule has 88 valence electrons. The number of para-hydroxylation sites is 1. The molecule has 2 aromatic rings. The average molecular weight is 229 g/mol. The van der Waals surface area contributed by atoms with Crippen LogP contribution in [0.1, 0.15) is 25.8 Å². The van der Waals surface area contributed by atoms with E-state index in [-0.39, 0.29) is 5.41 Å². The summed E-state index contributed by atoms with van der Waals surface area (Å²) in [5.74, 6) is -0.716. The van der Waals surface area contributed by atoms with Crippen LogP contribution in [0, 0.1) is 5.41 Å². The maximum absolute atomic E-state index is 11.6. The van der Waals surface area contributed by atoms with Gasteiger partial charge in [0.05, 0.1) is 0 Å². The number of fused-ring (bicyclic) bond motifs is 1. The van der Waals surface area contributed by atoms with E-state index in [9.17, 15) is 9.90 Å². The summed E-state index contributed by atoms with van der Waals surface area (Å²) in [5, 5.41) is 10.6. The molecule has 1 fully saturated rings. The zero-order valence-corrected chi connectivity index (χ0v) is 9.95. The maximum Gasteiger partial charge on any atom is 0.314 e. The standard InChI is InChI=1S/C14H15NO2/c1-13(2)8-14(13,12(16)17)10-7-15-11-6-4-3-5-9(10)11/h3-7,15H,8H2,1-2H3,(H,16,17). The van der Waals surface area contributed by atoms with Gasteiger partial charge in [-0.15, -0.1) is 0 Å². The lowest BCUT2D eigenvalue weighted by Crippen LogP contribution is -2.25. The average Bonchev–Trinajstić information content (AvgIpc) is 2.70. The van der Waals surface area contributed by atoms with Gasteiger partial charge in [0, 0.05) is 17.1 Å². The molecule has 3 rings (SSSR count). The number of nitrogens with one attached hydrogen (secondary N) is 1. The summed E-state index contributed by atoms with van der Waals surface area (Å²) in [4.78, 5) is 14.8. The molecule has 3 heteroatoms. The lowest BCUT2D eigenvalue weighted by molar-refractivity contribution is -0.141. The van der Waals surface area contributed by atoms with Crippen molar-refractivity contribution in [3.63, 3.8) is 0 Å². The summed E-state index contributed by atoms with van der Waals surface area (Å²) < 4.78 is 0. The zero-order chi connectivity index (χ0) is 12.3. The van der Waals surface area contributed by atoms with Gasteiger partial charge in [0.2, 0.25) is 0 Å². The molecule has 0 amide bonds. The second kappa shape index (κ2) is 2.92. The van der Waals surface area contributed by atoms with Crippen LogP contribution in [0.4, 0.5) is 0 Å². The second-order valence-electron chi connectivity index (χ2n) is 5.52. The molecule has 1 atom stereocenters. The van der Waals surface area contributed by atoms with Crippen molar-refractivity contribution in [2.24, 2.45) is 5.41 Å². The fourth-order valence-electron chi connectivity index (χ4n) is 2.98. The molecule has 3 nitrogen and oxygen atoms in total. The third kappa shape index (κ3) is 1.14. The molecule has 0 bridgehead atoms. The molecule has 0 spiro atoms. The highest BCUT2D eigenvalue weighted by molar-refractivity contribution is 5.95. The first kappa shape index (κ1) is 10.4. The van der Waals surface area contributed by atoms with Crippen LogP contribution in [0.25, 0.3) is 10.9 Å². The monoisotopic (exact) mass is 229 g/mol. The fourth-order valence-corrected chi connectivity index (χ4v) is 2.98. The van der Waals surface area contributed by atoms with Crippen LogP contribution in [0.5, 0.6) is 0 Å². The predicted molar refractivity (Wildman–Crippen MR) is 66.0 cm³/mol. The SMILES string of the molecule is CC1(C)CC1(C(=O)O)c1c[nH]c2ccccc12. The molecule has 0 radical (unpaired) electrons. The van der Waals surface area contributed by atoms with E-state index in [0.717, 1.165) is 16.5 Å². The fraction of sp³-hybridized carbons (Fsp3) is 0.357. The van der Waals surface area contributed by atoms with E-state index in [1.807, 2.05) is 44.3 Å². The molecular weight excluding hydrogens is 214 g/mol. The normalized spacial score (nSPS) is 26.0. The van der Waals surface area contributed by atoms with E-state index in [2.05, 4.69) is 4.98 Å². The van der Waals surface area contributed by atoms with Crippen molar-refractivity contribution in [3.8, 4) is 0 Å². The first-order valence-corrected chi connectivity index (χ1v) is 5.79. The molecule has 17 heavy (non-hydrogen) atoms. The van der Waals surface area contributed by atoms with Crippen LogP contribution < -0.4 is 0 Å². The lowest BCUT2D eigenvalue weighted by atomic mass is 9.88. The Bertz CT molecular complexity index is 611. The van der Waals surface area contributed by atoms with Crippen molar-refractivity contribution in [2.75, 3.05) is 0 Å². The predicted octanol–water partition coefficient (Wildman–Crippen LogP) is 2.92. The Hall–Kier alpha value is -1.77. The first-order valence-electron chi connectivity index (χ1n) is 5.79. The first-order chi connectivity index (χ1) is 7.99. The molecule has 1 aromatic carbocycles. The molecule has 0 aliphatic heterocycles. The van der Waals surface area contributed by atoms with Crippen molar-refractivity contribution in [2.45, 2.75) is 25.7 Å². The number of H-pyrrole nitrogens is 1. The minimum absolute atomic E-state index is 0.163. The second-order valence-corrected chi connectivity index (χ2v) is 5.52. The van der Waals surface area contributed by atoms with E-state index in [4.69, 9.17) is 0 Å². The minimum Gasteiger partial charge on any atom is -0.481 e.